The van der Waals surface area contributed by atoms with Gasteiger partial charge in [-0.1, -0.05) is 12.1 Å². The second-order valence-electron chi connectivity index (χ2n) is 4.42. The Labute approximate surface area is 103 Å². The molecule has 0 radical (unpaired) electrons. The van der Waals surface area contributed by atoms with Crippen LogP contribution in [0.2, 0.25) is 0 Å². The number of hydrogen-bond donors (Lipinski definition) is 1. The first kappa shape index (κ1) is 12.5. The van der Waals surface area contributed by atoms with Gasteiger partial charge >= 0.3 is 0 Å². The lowest BCUT2D eigenvalue weighted by Crippen LogP contribution is -2.37. The molecule has 2 unspecified atom stereocenters. The Morgan fingerprint density at radius 3 is 3.06 bits per heavy atom. The fraction of sp³-hybridized carbons (Fsp3) is 0.833. The molecular weight excluding hydrogens is 216 g/mol. The minimum absolute atomic E-state index is 0.218. The zero-order valence-corrected chi connectivity index (χ0v) is 10.7. The highest BCUT2D eigenvalue weighted by atomic mass is 16.5. The molecule has 0 bridgehead atoms. The maximum absolute atomic E-state index is 5.88. The fourth-order valence-corrected chi connectivity index (χ4v) is 2.43. The second-order valence-corrected chi connectivity index (χ2v) is 4.42. The first-order valence-corrected chi connectivity index (χ1v) is 6.60. The van der Waals surface area contributed by atoms with Gasteiger partial charge in [-0.15, -0.1) is 5.10 Å². The summed E-state index contributed by atoms with van der Waals surface area (Å²) >= 11 is 0. The van der Waals surface area contributed by atoms with Crippen molar-refractivity contribution in [2.24, 2.45) is 0 Å². The van der Waals surface area contributed by atoms with Crippen molar-refractivity contribution in [3.8, 4) is 0 Å². The van der Waals surface area contributed by atoms with E-state index in [1.54, 1.807) is 0 Å². The number of nitrogens with zero attached hydrogens (tertiary/aromatic N) is 3. The van der Waals surface area contributed by atoms with Crippen LogP contribution in [0.1, 0.15) is 44.8 Å². The van der Waals surface area contributed by atoms with Gasteiger partial charge in [-0.3, -0.25) is 0 Å². The molecule has 1 saturated heterocycles. The molecule has 96 valence electrons. The number of nitrogens with one attached hydrogen (secondary N) is 1. The molecule has 1 aliphatic heterocycles. The lowest BCUT2D eigenvalue weighted by Gasteiger charge is -2.30. The van der Waals surface area contributed by atoms with Crippen LogP contribution in [0.15, 0.2) is 6.20 Å². The Morgan fingerprint density at radius 2 is 2.41 bits per heavy atom. The molecule has 0 aromatic carbocycles. The summed E-state index contributed by atoms with van der Waals surface area (Å²) in [4.78, 5) is 0. The van der Waals surface area contributed by atoms with Crippen molar-refractivity contribution < 1.29 is 4.74 Å². The molecule has 0 amide bonds. The molecule has 2 rings (SSSR count). The van der Waals surface area contributed by atoms with E-state index in [-0.39, 0.29) is 12.1 Å². The molecule has 1 fully saturated rings. The van der Waals surface area contributed by atoms with Crippen LogP contribution in [0.5, 0.6) is 0 Å². The first-order valence-electron chi connectivity index (χ1n) is 6.60. The van der Waals surface area contributed by atoms with E-state index in [0.717, 1.165) is 31.8 Å². The van der Waals surface area contributed by atoms with Crippen LogP contribution in [-0.4, -0.2) is 34.2 Å². The average molecular weight is 238 g/mol. The number of hydrogen-bond acceptors (Lipinski definition) is 4. The molecule has 1 N–H and O–H groups in total. The summed E-state index contributed by atoms with van der Waals surface area (Å²) in [5.41, 5.74) is 1.14. The van der Waals surface area contributed by atoms with Gasteiger partial charge in [0.2, 0.25) is 0 Å². The standard InChI is InChI=1S/C12H22N4O/c1-3-13-12(11-7-5-6-8-17-11)10-9-14-15-16(10)4-2/h9,11-13H,3-8H2,1-2H3. The summed E-state index contributed by atoms with van der Waals surface area (Å²) in [6.07, 6.45) is 5.66. The molecule has 1 aromatic heterocycles. The predicted molar refractivity (Wildman–Crippen MR) is 65.7 cm³/mol. The fourth-order valence-electron chi connectivity index (χ4n) is 2.43. The number of aromatic nitrogens is 3. The Morgan fingerprint density at radius 1 is 1.53 bits per heavy atom. The van der Waals surface area contributed by atoms with E-state index in [0.29, 0.717) is 0 Å². The lowest BCUT2D eigenvalue weighted by atomic mass is 9.99. The Hall–Kier alpha value is -0.940. The second kappa shape index (κ2) is 6.12. The SMILES string of the molecule is CCNC(c1cnnn1CC)C1CCCCO1. The van der Waals surface area contributed by atoms with Crippen LogP contribution in [0.4, 0.5) is 0 Å². The minimum atomic E-state index is 0.218. The molecule has 5 nitrogen and oxygen atoms in total. The van der Waals surface area contributed by atoms with Crippen molar-refractivity contribution >= 4 is 0 Å². The third-order valence-electron chi connectivity index (χ3n) is 3.28. The van der Waals surface area contributed by atoms with Crippen LogP contribution in [0, 0.1) is 0 Å². The summed E-state index contributed by atoms with van der Waals surface area (Å²) < 4.78 is 7.83. The Kier molecular flexibility index (Phi) is 4.50. The van der Waals surface area contributed by atoms with E-state index in [9.17, 15) is 0 Å². The van der Waals surface area contributed by atoms with Gasteiger partial charge in [0.25, 0.3) is 0 Å². The van der Waals surface area contributed by atoms with Crippen molar-refractivity contribution in [3.63, 3.8) is 0 Å². The van der Waals surface area contributed by atoms with E-state index in [4.69, 9.17) is 4.74 Å². The van der Waals surface area contributed by atoms with Gasteiger partial charge in [-0.2, -0.15) is 0 Å². The number of ether oxygens (including phenoxy) is 1. The highest BCUT2D eigenvalue weighted by molar-refractivity contribution is 5.05. The van der Waals surface area contributed by atoms with Gasteiger partial charge in [0, 0.05) is 13.2 Å². The summed E-state index contributed by atoms with van der Waals surface area (Å²) in [6, 6.07) is 0.218. The smallest absolute Gasteiger partial charge is 0.0785 e. The van der Waals surface area contributed by atoms with Crippen molar-refractivity contribution in [2.45, 2.75) is 51.8 Å². The molecule has 0 saturated carbocycles. The van der Waals surface area contributed by atoms with Crippen LogP contribution in [-0.2, 0) is 11.3 Å². The van der Waals surface area contributed by atoms with Crippen LogP contribution < -0.4 is 5.32 Å². The van der Waals surface area contributed by atoms with Crippen molar-refractivity contribution in [2.75, 3.05) is 13.2 Å². The van der Waals surface area contributed by atoms with Crippen LogP contribution >= 0.6 is 0 Å². The third kappa shape index (κ3) is 2.84. The molecule has 2 heterocycles. The van der Waals surface area contributed by atoms with Gasteiger partial charge in [-0.05, 0) is 32.7 Å². The molecule has 0 aliphatic carbocycles. The Balaban J connectivity index is 2.15. The van der Waals surface area contributed by atoms with Gasteiger partial charge in [-0.25, -0.2) is 4.68 Å². The molecule has 17 heavy (non-hydrogen) atoms. The molecule has 1 aliphatic rings. The van der Waals surface area contributed by atoms with Crippen molar-refractivity contribution in [1.82, 2.24) is 20.3 Å². The zero-order valence-electron chi connectivity index (χ0n) is 10.7. The summed E-state index contributed by atoms with van der Waals surface area (Å²) in [7, 11) is 0. The zero-order chi connectivity index (χ0) is 12.1. The number of aryl methyl sites for hydroxylation is 1. The van der Waals surface area contributed by atoms with Gasteiger partial charge in [0.05, 0.1) is 24.0 Å². The molecular formula is C12H22N4O. The van der Waals surface area contributed by atoms with E-state index in [1.165, 1.54) is 12.8 Å². The lowest BCUT2D eigenvalue weighted by molar-refractivity contribution is -0.00964. The van der Waals surface area contributed by atoms with E-state index in [1.807, 2.05) is 10.9 Å². The van der Waals surface area contributed by atoms with E-state index >= 15 is 0 Å². The Bertz CT molecular complexity index is 333. The quantitative estimate of drug-likeness (QED) is 0.845. The van der Waals surface area contributed by atoms with Gasteiger partial charge in [0.1, 0.15) is 0 Å². The summed E-state index contributed by atoms with van der Waals surface area (Å²) in [5, 5.41) is 11.6. The van der Waals surface area contributed by atoms with Gasteiger partial charge < -0.3 is 10.1 Å². The minimum Gasteiger partial charge on any atom is -0.376 e. The number of rotatable bonds is 5. The molecule has 1 aromatic rings. The third-order valence-corrected chi connectivity index (χ3v) is 3.28. The molecule has 0 spiro atoms. The van der Waals surface area contributed by atoms with Crippen molar-refractivity contribution in [3.05, 3.63) is 11.9 Å². The normalized spacial score (nSPS) is 22.6. The topological polar surface area (TPSA) is 52.0 Å². The maximum atomic E-state index is 5.88. The van der Waals surface area contributed by atoms with E-state index in [2.05, 4.69) is 29.5 Å². The van der Waals surface area contributed by atoms with Gasteiger partial charge in [0.15, 0.2) is 0 Å². The first-order chi connectivity index (χ1) is 8.36. The predicted octanol–water partition coefficient (Wildman–Crippen LogP) is 1.52. The number of likely N-dealkylation sites (N-methyl/N-ethyl adjacent to an activating group) is 1. The molecule has 5 heteroatoms. The molecule has 2 atom stereocenters. The van der Waals surface area contributed by atoms with Crippen LogP contribution in [0.25, 0.3) is 0 Å². The van der Waals surface area contributed by atoms with Crippen LogP contribution in [0.3, 0.4) is 0 Å². The maximum Gasteiger partial charge on any atom is 0.0785 e. The summed E-state index contributed by atoms with van der Waals surface area (Å²) in [5.74, 6) is 0. The summed E-state index contributed by atoms with van der Waals surface area (Å²) in [6.45, 7) is 6.86. The van der Waals surface area contributed by atoms with Crippen molar-refractivity contribution in [1.29, 1.82) is 0 Å². The average Bonchev–Trinajstić information content (AvgIpc) is 2.85. The van der Waals surface area contributed by atoms with E-state index < -0.39 is 0 Å². The monoisotopic (exact) mass is 238 g/mol. The highest BCUT2D eigenvalue weighted by Gasteiger charge is 2.27. The largest absolute Gasteiger partial charge is 0.376 e. The highest BCUT2D eigenvalue weighted by Crippen LogP contribution is 2.25.